The van der Waals surface area contributed by atoms with Crippen LogP contribution in [0, 0.1) is 0 Å². The Bertz CT molecular complexity index is 734. The van der Waals surface area contributed by atoms with Gasteiger partial charge in [0.2, 0.25) is 5.91 Å². The first-order valence-corrected chi connectivity index (χ1v) is 7.52. The average Bonchev–Trinajstić information content (AvgIpc) is 3.07. The Hall–Kier alpha value is -2.16. The van der Waals surface area contributed by atoms with Gasteiger partial charge in [0, 0.05) is 13.1 Å². The molecule has 0 saturated carbocycles. The molecule has 1 N–H and O–H groups in total. The zero-order chi connectivity index (χ0) is 15.7. The molecule has 3 amide bonds. The molecule has 2 heterocycles. The van der Waals surface area contributed by atoms with Crippen molar-refractivity contribution in [1.29, 1.82) is 0 Å². The molecule has 1 fully saturated rings. The first-order chi connectivity index (χ1) is 10.6. The van der Waals surface area contributed by atoms with Crippen LogP contribution >= 0.6 is 11.8 Å². The van der Waals surface area contributed by atoms with Crippen LogP contribution in [0.1, 0.15) is 6.55 Å². The quantitative estimate of drug-likeness (QED) is 0.874. The molecule has 1 aromatic heterocycles. The fourth-order valence-corrected chi connectivity index (χ4v) is 3.12. The lowest BCUT2D eigenvalue weighted by atomic mass is 10.3. The van der Waals surface area contributed by atoms with Crippen LogP contribution in [-0.4, -0.2) is 45.2 Å². The van der Waals surface area contributed by atoms with E-state index in [0.29, 0.717) is 24.1 Å². The minimum absolute atomic E-state index is 0.0594. The number of fused-ring (bicyclic) bond motifs is 1. The normalized spacial score (nSPS) is 14.9. The Kier molecular flexibility index (Phi) is 3.97. The number of nitrogens with one attached hydrogen (secondary N) is 1. The SMILES string of the molecule is O=C(CSc1nc2ccccc2n1C(F)F)N1CCNC1=O. The number of benzene rings is 1. The Balaban J connectivity index is 1.80. The number of imidazole rings is 1. The van der Waals surface area contributed by atoms with E-state index in [4.69, 9.17) is 0 Å². The van der Waals surface area contributed by atoms with Gasteiger partial charge in [-0.3, -0.25) is 14.3 Å². The Labute approximate surface area is 128 Å². The third-order valence-corrected chi connectivity index (χ3v) is 4.18. The summed E-state index contributed by atoms with van der Waals surface area (Å²) in [5.41, 5.74) is 0.753. The maximum absolute atomic E-state index is 13.2. The number of amides is 3. The number of thioether (sulfide) groups is 1. The molecule has 1 aromatic carbocycles. The van der Waals surface area contributed by atoms with Crippen molar-refractivity contribution in [3.63, 3.8) is 0 Å². The highest BCUT2D eigenvalue weighted by Gasteiger charge is 2.27. The number of carbonyl (C=O) groups excluding carboxylic acids is 2. The second-order valence-electron chi connectivity index (χ2n) is 4.60. The van der Waals surface area contributed by atoms with Gasteiger partial charge in [0.1, 0.15) is 0 Å². The number of halogens is 2. The summed E-state index contributed by atoms with van der Waals surface area (Å²) in [4.78, 5) is 28.5. The standard InChI is InChI=1S/C13H12F2N4O2S/c14-11(15)19-9-4-2-1-3-8(9)17-13(19)22-7-10(20)18-6-5-16-12(18)21/h1-4,11H,5-7H2,(H,16,21). The lowest BCUT2D eigenvalue weighted by Crippen LogP contribution is -2.35. The fraction of sp³-hybridized carbons (Fsp3) is 0.308. The van der Waals surface area contributed by atoms with E-state index in [1.54, 1.807) is 24.3 Å². The molecule has 3 rings (SSSR count). The molecular weight excluding hydrogens is 314 g/mol. The number of rotatable bonds is 4. The van der Waals surface area contributed by atoms with E-state index in [2.05, 4.69) is 10.3 Å². The summed E-state index contributed by atoms with van der Waals surface area (Å²) in [5.74, 6) is -0.545. The number of aromatic nitrogens is 2. The molecule has 0 bridgehead atoms. The minimum Gasteiger partial charge on any atom is -0.336 e. The van der Waals surface area contributed by atoms with E-state index in [9.17, 15) is 18.4 Å². The molecule has 1 aliphatic rings. The van der Waals surface area contributed by atoms with Crippen LogP contribution in [0.25, 0.3) is 11.0 Å². The van der Waals surface area contributed by atoms with E-state index in [1.807, 2.05) is 0 Å². The second kappa shape index (κ2) is 5.91. The van der Waals surface area contributed by atoms with Crippen molar-refractivity contribution in [2.45, 2.75) is 11.7 Å². The van der Waals surface area contributed by atoms with Crippen molar-refractivity contribution in [1.82, 2.24) is 19.8 Å². The smallest absolute Gasteiger partial charge is 0.324 e. The number of imide groups is 1. The zero-order valence-electron chi connectivity index (χ0n) is 11.3. The highest BCUT2D eigenvalue weighted by Crippen LogP contribution is 2.29. The summed E-state index contributed by atoms with van der Waals surface area (Å²) in [6.45, 7) is -2.05. The van der Waals surface area contributed by atoms with Crippen LogP contribution in [0.5, 0.6) is 0 Å². The van der Waals surface area contributed by atoms with Crippen LogP contribution in [-0.2, 0) is 4.79 Å². The molecule has 9 heteroatoms. The topological polar surface area (TPSA) is 67.2 Å². The van der Waals surface area contributed by atoms with Gasteiger partial charge in [-0.1, -0.05) is 23.9 Å². The van der Waals surface area contributed by atoms with Gasteiger partial charge >= 0.3 is 12.6 Å². The third kappa shape index (κ3) is 2.63. The lowest BCUT2D eigenvalue weighted by Gasteiger charge is -2.12. The van der Waals surface area contributed by atoms with E-state index >= 15 is 0 Å². The molecule has 0 radical (unpaired) electrons. The molecule has 0 spiro atoms. The summed E-state index contributed by atoms with van der Waals surface area (Å²) < 4.78 is 27.2. The van der Waals surface area contributed by atoms with Crippen molar-refractivity contribution in [3.05, 3.63) is 24.3 Å². The third-order valence-electron chi connectivity index (χ3n) is 3.24. The number of carbonyl (C=O) groups is 2. The van der Waals surface area contributed by atoms with E-state index in [1.165, 1.54) is 0 Å². The fourth-order valence-electron chi connectivity index (χ4n) is 2.23. The summed E-state index contributed by atoms with van der Waals surface area (Å²) in [5, 5.41) is 2.58. The molecule has 1 saturated heterocycles. The summed E-state index contributed by atoms with van der Waals surface area (Å²) >= 11 is 0.899. The average molecular weight is 326 g/mol. The van der Waals surface area contributed by atoms with Gasteiger partial charge in [-0.05, 0) is 12.1 Å². The molecule has 6 nitrogen and oxygen atoms in total. The van der Waals surface area contributed by atoms with Crippen molar-refractivity contribution in [2.24, 2.45) is 0 Å². The first kappa shape index (κ1) is 14.8. The predicted molar refractivity (Wildman–Crippen MR) is 76.8 cm³/mol. The van der Waals surface area contributed by atoms with Gasteiger partial charge in [-0.2, -0.15) is 8.78 Å². The molecule has 1 aliphatic heterocycles. The lowest BCUT2D eigenvalue weighted by molar-refractivity contribution is -0.124. The van der Waals surface area contributed by atoms with Gasteiger partial charge in [-0.25, -0.2) is 9.78 Å². The van der Waals surface area contributed by atoms with Crippen LogP contribution in [0.15, 0.2) is 29.4 Å². The maximum atomic E-state index is 13.2. The number of alkyl halides is 2. The number of hydrogen-bond acceptors (Lipinski definition) is 4. The molecule has 0 aliphatic carbocycles. The van der Waals surface area contributed by atoms with Crippen LogP contribution in [0.2, 0.25) is 0 Å². The number of nitrogens with zero attached hydrogens (tertiary/aromatic N) is 3. The molecule has 2 aromatic rings. The van der Waals surface area contributed by atoms with E-state index in [0.717, 1.165) is 21.2 Å². The van der Waals surface area contributed by atoms with Crippen molar-refractivity contribution >= 4 is 34.7 Å². The molecule has 0 atom stereocenters. The number of para-hydroxylation sites is 2. The van der Waals surface area contributed by atoms with Gasteiger partial charge in [-0.15, -0.1) is 0 Å². The van der Waals surface area contributed by atoms with E-state index in [-0.39, 0.29) is 10.9 Å². The number of hydrogen-bond donors (Lipinski definition) is 1. The van der Waals surface area contributed by atoms with Gasteiger partial charge < -0.3 is 5.32 Å². The monoisotopic (exact) mass is 326 g/mol. The summed E-state index contributed by atoms with van der Waals surface area (Å²) in [6, 6.07) is 6.09. The Morgan fingerprint density at radius 1 is 1.41 bits per heavy atom. The Morgan fingerprint density at radius 2 is 2.18 bits per heavy atom. The van der Waals surface area contributed by atoms with Crippen LogP contribution in [0.3, 0.4) is 0 Å². The molecule has 116 valence electrons. The predicted octanol–water partition coefficient (Wildman–Crippen LogP) is 2.08. The number of urea groups is 1. The summed E-state index contributed by atoms with van der Waals surface area (Å²) in [6.07, 6.45) is 0. The van der Waals surface area contributed by atoms with Crippen LogP contribution < -0.4 is 5.32 Å². The molecule has 22 heavy (non-hydrogen) atoms. The summed E-state index contributed by atoms with van der Waals surface area (Å²) in [7, 11) is 0. The molecular formula is C13H12F2N4O2S. The van der Waals surface area contributed by atoms with Gasteiger partial charge in [0.15, 0.2) is 5.16 Å². The van der Waals surface area contributed by atoms with Gasteiger partial charge in [0.25, 0.3) is 0 Å². The maximum Gasteiger partial charge on any atom is 0.324 e. The van der Waals surface area contributed by atoms with Gasteiger partial charge in [0.05, 0.1) is 16.8 Å². The Morgan fingerprint density at radius 3 is 2.86 bits per heavy atom. The van der Waals surface area contributed by atoms with E-state index < -0.39 is 18.5 Å². The largest absolute Gasteiger partial charge is 0.336 e. The molecule has 0 unspecified atom stereocenters. The van der Waals surface area contributed by atoms with Crippen LogP contribution in [0.4, 0.5) is 13.6 Å². The van der Waals surface area contributed by atoms with Crippen molar-refractivity contribution < 1.29 is 18.4 Å². The van der Waals surface area contributed by atoms with Crippen molar-refractivity contribution in [2.75, 3.05) is 18.8 Å². The minimum atomic E-state index is -2.75. The highest BCUT2D eigenvalue weighted by atomic mass is 32.2. The van der Waals surface area contributed by atoms with Crippen molar-refractivity contribution in [3.8, 4) is 0 Å². The second-order valence-corrected chi connectivity index (χ2v) is 5.54. The highest BCUT2D eigenvalue weighted by molar-refractivity contribution is 7.99. The zero-order valence-corrected chi connectivity index (χ0v) is 12.1. The first-order valence-electron chi connectivity index (χ1n) is 6.54.